The molecular formula is C12H15ClFNO. The quantitative estimate of drug-likeness (QED) is 0.810. The van der Waals surface area contributed by atoms with Crippen LogP contribution in [-0.4, -0.2) is 17.8 Å². The Morgan fingerprint density at radius 1 is 1.56 bits per heavy atom. The lowest BCUT2D eigenvalue weighted by molar-refractivity contribution is 0.0935. The van der Waals surface area contributed by atoms with Crippen molar-refractivity contribution in [1.29, 1.82) is 0 Å². The Hall–Kier alpha value is -1.09. The number of nitrogens with one attached hydrogen (secondary N) is 1. The summed E-state index contributed by atoms with van der Waals surface area (Å²) in [5.41, 5.74) is 0.943. The first-order valence-corrected chi connectivity index (χ1v) is 5.71. The minimum Gasteiger partial charge on any atom is -0.349 e. The highest BCUT2D eigenvalue weighted by atomic mass is 35.5. The number of rotatable bonds is 4. The summed E-state index contributed by atoms with van der Waals surface area (Å²) < 4.78 is 13.4. The van der Waals surface area contributed by atoms with Crippen molar-refractivity contribution in [3.8, 4) is 0 Å². The molecule has 16 heavy (non-hydrogen) atoms. The van der Waals surface area contributed by atoms with Gasteiger partial charge in [-0.3, -0.25) is 4.79 Å². The highest BCUT2D eigenvalue weighted by Crippen LogP contribution is 2.10. The largest absolute Gasteiger partial charge is 0.349 e. The monoisotopic (exact) mass is 243 g/mol. The van der Waals surface area contributed by atoms with Crippen LogP contribution in [0.15, 0.2) is 18.2 Å². The van der Waals surface area contributed by atoms with E-state index in [1.54, 1.807) is 6.07 Å². The number of alkyl halides is 1. The van der Waals surface area contributed by atoms with Gasteiger partial charge in [0.05, 0.1) is 5.56 Å². The fourth-order valence-electron chi connectivity index (χ4n) is 1.35. The molecule has 0 radical (unpaired) electrons. The van der Waals surface area contributed by atoms with Gasteiger partial charge in [0, 0.05) is 11.9 Å². The van der Waals surface area contributed by atoms with Crippen LogP contribution in [0.1, 0.15) is 29.3 Å². The van der Waals surface area contributed by atoms with E-state index in [0.717, 1.165) is 5.56 Å². The van der Waals surface area contributed by atoms with Crippen LogP contribution in [0.2, 0.25) is 0 Å². The van der Waals surface area contributed by atoms with Crippen LogP contribution in [0, 0.1) is 12.7 Å². The highest BCUT2D eigenvalue weighted by molar-refractivity contribution is 6.17. The lowest BCUT2D eigenvalue weighted by Gasteiger charge is -2.12. The van der Waals surface area contributed by atoms with Gasteiger partial charge in [-0.2, -0.15) is 0 Å². The van der Waals surface area contributed by atoms with Crippen LogP contribution < -0.4 is 5.32 Å². The Morgan fingerprint density at radius 3 is 2.88 bits per heavy atom. The van der Waals surface area contributed by atoms with E-state index in [2.05, 4.69) is 5.32 Å². The molecular weight excluding hydrogens is 229 g/mol. The summed E-state index contributed by atoms with van der Waals surface area (Å²) in [5, 5.41) is 2.70. The summed E-state index contributed by atoms with van der Waals surface area (Å²) in [6.45, 7) is 3.66. The van der Waals surface area contributed by atoms with E-state index >= 15 is 0 Å². The molecule has 1 aromatic rings. The summed E-state index contributed by atoms with van der Waals surface area (Å²) in [6, 6.07) is 4.42. The summed E-state index contributed by atoms with van der Waals surface area (Å²) in [7, 11) is 0. The van der Waals surface area contributed by atoms with Gasteiger partial charge >= 0.3 is 0 Å². The molecule has 1 aromatic carbocycles. The van der Waals surface area contributed by atoms with E-state index in [4.69, 9.17) is 11.6 Å². The second kappa shape index (κ2) is 5.85. The van der Waals surface area contributed by atoms with Crippen LogP contribution >= 0.6 is 11.6 Å². The Balaban J connectivity index is 2.76. The molecule has 0 aromatic heterocycles. The van der Waals surface area contributed by atoms with Crippen molar-refractivity contribution in [3.63, 3.8) is 0 Å². The van der Waals surface area contributed by atoms with Gasteiger partial charge in [-0.15, -0.1) is 11.6 Å². The molecule has 0 aliphatic carbocycles. The number of hydrogen-bond acceptors (Lipinski definition) is 1. The molecule has 88 valence electrons. The molecule has 0 aliphatic heterocycles. The second-order valence-electron chi connectivity index (χ2n) is 3.84. The molecule has 0 saturated carbocycles. The van der Waals surface area contributed by atoms with Crippen molar-refractivity contribution in [2.75, 3.05) is 5.88 Å². The van der Waals surface area contributed by atoms with Gasteiger partial charge in [0.1, 0.15) is 5.82 Å². The first-order valence-electron chi connectivity index (χ1n) is 5.17. The molecule has 1 unspecified atom stereocenters. The third kappa shape index (κ3) is 3.49. The van der Waals surface area contributed by atoms with Gasteiger partial charge in [0.2, 0.25) is 0 Å². The second-order valence-corrected chi connectivity index (χ2v) is 4.21. The van der Waals surface area contributed by atoms with Crippen molar-refractivity contribution in [3.05, 3.63) is 35.1 Å². The maximum Gasteiger partial charge on any atom is 0.254 e. The zero-order valence-corrected chi connectivity index (χ0v) is 10.1. The predicted octanol–water partition coefficient (Wildman–Crippen LogP) is 2.88. The van der Waals surface area contributed by atoms with E-state index in [0.29, 0.717) is 12.3 Å². The fourth-order valence-corrected chi connectivity index (χ4v) is 1.68. The van der Waals surface area contributed by atoms with Gasteiger partial charge in [0.15, 0.2) is 0 Å². The van der Waals surface area contributed by atoms with E-state index in [-0.39, 0.29) is 17.5 Å². The summed E-state index contributed by atoms with van der Waals surface area (Å²) in [6.07, 6.45) is 0.667. The minimum atomic E-state index is -0.499. The number of carbonyl (C=O) groups excluding carboxylic acids is 1. The van der Waals surface area contributed by atoms with Crippen molar-refractivity contribution in [1.82, 2.24) is 5.32 Å². The van der Waals surface area contributed by atoms with Gasteiger partial charge in [-0.05, 0) is 32.4 Å². The van der Waals surface area contributed by atoms with Crippen molar-refractivity contribution in [2.24, 2.45) is 0 Å². The van der Waals surface area contributed by atoms with E-state index < -0.39 is 5.82 Å². The average molecular weight is 244 g/mol. The molecule has 0 spiro atoms. The van der Waals surface area contributed by atoms with Crippen molar-refractivity contribution >= 4 is 17.5 Å². The maximum atomic E-state index is 13.4. The van der Waals surface area contributed by atoms with Crippen LogP contribution in [0.4, 0.5) is 4.39 Å². The van der Waals surface area contributed by atoms with E-state index in [1.807, 2.05) is 13.8 Å². The van der Waals surface area contributed by atoms with Crippen LogP contribution in [0.25, 0.3) is 0 Å². The number of carbonyl (C=O) groups is 1. The topological polar surface area (TPSA) is 29.1 Å². The zero-order valence-electron chi connectivity index (χ0n) is 9.39. The third-order valence-electron chi connectivity index (χ3n) is 2.29. The predicted molar refractivity (Wildman–Crippen MR) is 63.4 cm³/mol. The average Bonchev–Trinajstić information content (AvgIpc) is 2.21. The molecule has 1 N–H and O–H groups in total. The fraction of sp³-hybridized carbons (Fsp3) is 0.417. The molecule has 0 fully saturated rings. The molecule has 0 saturated heterocycles. The number of benzene rings is 1. The molecule has 0 bridgehead atoms. The Morgan fingerprint density at radius 2 is 2.25 bits per heavy atom. The molecule has 1 rings (SSSR count). The van der Waals surface area contributed by atoms with Gasteiger partial charge in [0.25, 0.3) is 5.91 Å². The van der Waals surface area contributed by atoms with Crippen LogP contribution in [0.5, 0.6) is 0 Å². The summed E-state index contributed by atoms with van der Waals surface area (Å²) in [4.78, 5) is 11.7. The van der Waals surface area contributed by atoms with Crippen molar-refractivity contribution < 1.29 is 9.18 Å². The Kier molecular flexibility index (Phi) is 4.74. The first kappa shape index (κ1) is 13.0. The Labute approximate surface area is 99.8 Å². The van der Waals surface area contributed by atoms with Crippen molar-refractivity contribution in [2.45, 2.75) is 26.3 Å². The molecule has 2 nitrogen and oxygen atoms in total. The number of hydrogen-bond donors (Lipinski definition) is 1. The standard InChI is InChI=1S/C12H15ClFNO/c1-8-3-4-11(14)10(7-8)12(16)15-9(2)5-6-13/h3-4,7,9H,5-6H2,1-2H3,(H,15,16). The number of halogens is 2. The highest BCUT2D eigenvalue weighted by Gasteiger charge is 2.13. The van der Waals surface area contributed by atoms with Crippen LogP contribution in [0.3, 0.4) is 0 Å². The minimum absolute atomic E-state index is 0.0510. The smallest absolute Gasteiger partial charge is 0.254 e. The molecule has 0 aliphatic rings. The first-order chi connectivity index (χ1) is 7.54. The van der Waals surface area contributed by atoms with Gasteiger partial charge < -0.3 is 5.32 Å². The Bertz CT molecular complexity index is 381. The van der Waals surface area contributed by atoms with E-state index in [9.17, 15) is 9.18 Å². The normalized spacial score (nSPS) is 12.2. The van der Waals surface area contributed by atoms with Crippen LogP contribution in [-0.2, 0) is 0 Å². The summed E-state index contributed by atoms with van der Waals surface area (Å²) in [5.74, 6) is -0.419. The SMILES string of the molecule is Cc1ccc(F)c(C(=O)NC(C)CCCl)c1. The van der Waals surface area contributed by atoms with E-state index in [1.165, 1.54) is 12.1 Å². The molecule has 1 atom stereocenters. The zero-order chi connectivity index (χ0) is 12.1. The third-order valence-corrected chi connectivity index (χ3v) is 2.50. The number of amides is 1. The van der Waals surface area contributed by atoms with Gasteiger partial charge in [-0.25, -0.2) is 4.39 Å². The summed E-state index contributed by atoms with van der Waals surface area (Å²) >= 11 is 5.56. The lowest BCUT2D eigenvalue weighted by atomic mass is 10.1. The molecule has 4 heteroatoms. The maximum absolute atomic E-state index is 13.4. The molecule has 0 heterocycles. The number of aryl methyl sites for hydroxylation is 1. The lowest BCUT2D eigenvalue weighted by Crippen LogP contribution is -2.33. The molecule has 1 amide bonds. The van der Waals surface area contributed by atoms with Gasteiger partial charge in [-0.1, -0.05) is 11.6 Å².